The third-order valence-electron chi connectivity index (χ3n) is 4.19. The Morgan fingerprint density at radius 3 is 2.47 bits per heavy atom. The molecule has 1 saturated carbocycles. The molecule has 0 aromatic heterocycles. The highest BCUT2D eigenvalue weighted by atomic mass is 35.5. The van der Waals surface area contributed by atoms with Crippen molar-refractivity contribution in [2.24, 2.45) is 5.92 Å². The average Bonchev–Trinajstić information content (AvgIpc) is 3.06. The highest BCUT2D eigenvalue weighted by Gasteiger charge is 2.46. The van der Waals surface area contributed by atoms with Crippen molar-refractivity contribution in [3.63, 3.8) is 0 Å². The summed E-state index contributed by atoms with van der Waals surface area (Å²) in [6.45, 7) is 1.14. The van der Waals surface area contributed by atoms with Crippen LogP contribution in [0.3, 0.4) is 0 Å². The lowest BCUT2D eigenvalue weighted by Gasteiger charge is -2.30. The zero-order valence-electron chi connectivity index (χ0n) is 9.81. The second kappa shape index (κ2) is 4.46. The lowest BCUT2D eigenvalue weighted by atomic mass is 9.84. The normalized spacial score (nSPS) is 28.6. The summed E-state index contributed by atoms with van der Waals surface area (Å²) in [4.78, 5) is 0. The summed E-state index contributed by atoms with van der Waals surface area (Å²) in [7, 11) is 0. The van der Waals surface area contributed by atoms with Crippen molar-refractivity contribution in [3.8, 4) is 0 Å². The van der Waals surface area contributed by atoms with E-state index >= 15 is 0 Å². The molecule has 1 N–H and O–H groups in total. The summed E-state index contributed by atoms with van der Waals surface area (Å²) in [5, 5.41) is 5.34. The third-order valence-corrected chi connectivity index (χ3v) is 4.90. The molecule has 0 amide bonds. The SMILES string of the molecule is Clc1cccc(Cl)c1CC1(C2CC2)CCCN1. The summed E-state index contributed by atoms with van der Waals surface area (Å²) >= 11 is 12.6. The molecule has 92 valence electrons. The van der Waals surface area contributed by atoms with Gasteiger partial charge >= 0.3 is 0 Å². The summed E-state index contributed by atoms with van der Waals surface area (Å²) in [6.07, 6.45) is 6.23. The molecule has 1 aliphatic heterocycles. The minimum Gasteiger partial charge on any atom is -0.311 e. The largest absolute Gasteiger partial charge is 0.311 e. The van der Waals surface area contributed by atoms with Gasteiger partial charge in [-0.3, -0.25) is 0 Å². The van der Waals surface area contributed by atoms with Crippen molar-refractivity contribution in [1.82, 2.24) is 5.32 Å². The molecule has 2 aliphatic rings. The summed E-state index contributed by atoms with van der Waals surface area (Å²) in [6, 6.07) is 5.80. The lowest BCUT2D eigenvalue weighted by molar-refractivity contribution is 0.323. The van der Waals surface area contributed by atoms with Gasteiger partial charge in [0, 0.05) is 15.6 Å². The number of nitrogens with one attached hydrogen (secondary N) is 1. The molecule has 2 fully saturated rings. The van der Waals surface area contributed by atoms with Crippen LogP contribution in [0.5, 0.6) is 0 Å². The van der Waals surface area contributed by atoms with Gasteiger partial charge in [0.1, 0.15) is 0 Å². The Morgan fingerprint density at radius 2 is 1.94 bits per heavy atom. The predicted molar refractivity (Wildman–Crippen MR) is 72.9 cm³/mol. The van der Waals surface area contributed by atoms with Crippen molar-refractivity contribution < 1.29 is 0 Å². The number of halogens is 2. The fourth-order valence-electron chi connectivity index (χ4n) is 3.13. The van der Waals surface area contributed by atoms with Crippen LogP contribution in [0, 0.1) is 5.92 Å². The molecule has 3 heteroatoms. The Hall–Kier alpha value is -0.240. The molecule has 17 heavy (non-hydrogen) atoms. The molecule has 1 unspecified atom stereocenters. The topological polar surface area (TPSA) is 12.0 Å². The van der Waals surface area contributed by atoms with Crippen LogP contribution in [-0.2, 0) is 6.42 Å². The standard InChI is InChI=1S/C14H17Cl2N/c15-12-3-1-4-13(16)11(12)9-14(10-5-6-10)7-2-8-17-14/h1,3-4,10,17H,2,5-9H2. The Balaban J connectivity index is 1.90. The van der Waals surface area contributed by atoms with Crippen LogP contribution in [0.2, 0.25) is 10.0 Å². The highest BCUT2D eigenvalue weighted by molar-refractivity contribution is 6.36. The molecule has 1 aromatic carbocycles. The van der Waals surface area contributed by atoms with Crippen molar-refractivity contribution in [2.75, 3.05) is 6.54 Å². The van der Waals surface area contributed by atoms with E-state index in [1.807, 2.05) is 18.2 Å². The molecule has 0 radical (unpaired) electrons. The molecule has 1 saturated heterocycles. The van der Waals surface area contributed by atoms with E-state index in [0.717, 1.165) is 34.5 Å². The second-order valence-electron chi connectivity index (χ2n) is 5.34. The number of rotatable bonds is 3. The first-order valence-electron chi connectivity index (χ1n) is 6.39. The van der Waals surface area contributed by atoms with Crippen molar-refractivity contribution in [3.05, 3.63) is 33.8 Å². The minimum atomic E-state index is 0.272. The summed E-state index contributed by atoms with van der Waals surface area (Å²) in [5.74, 6) is 0.831. The third kappa shape index (κ3) is 2.21. The maximum atomic E-state index is 6.28. The molecule has 1 nitrogen and oxygen atoms in total. The van der Waals surface area contributed by atoms with Crippen molar-refractivity contribution >= 4 is 23.2 Å². The fourth-order valence-corrected chi connectivity index (χ4v) is 3.66. The van der Waals surface area contributed by atoms with E-state index in [1.54, 1.807) is 0 Å². The molecule has 0 spiro atoms. The highest BCUT2D eigenvalue weighted by Crippen LogP contribution is 2.47. The van der Waals surface area contributed by atoms with Crippen LogP contribution in [0.1, 0.15) is 31.2 Å². The van der Waals surface area contributed by atoms with Gasteiger partial charge in [-0.05, 0) is 62.3 Å². The van der Waals surface area contributed by atoms with Gasteiger partial charge in [0.15, 0.2) is 0 Å². The van der Waals surface area contributed by atoms with Gasteiger partial charge < -0.3 is 5.32 Å². The van der Waals surface area contributed by atoms with Gasteiger partial charge in [0.05, 0.1) is 0 Å². The van der Waals surface area contributed by atoms with E-state index in [0.29, 0.717) is 0 Å². The minimum absolute atomic E-state index is 0.272. The van der Waals surface area contributed by atoms with Gasteiger partial charge in [-0.2, -0.15) is 0 Å². The van der Waals surface area contributed by atoms with Crippen LogP contribution < -0.4 is 5.32 Å². The van der Waals surface area contributed by atoms with Gasteiger partial charge in [0.2, 0.25) is 0 Å². The monoisotopic (exact) mass is 269 g/mol. The van der Waals surface area contributed by atoms with Gasteiger partial charge in [0.25, 0.3) is 0 Å². The van der Waals surface area contributed by atoms with Gasteiger partial charge in [-0.15, -0.1) is 0 Å². The Morgan fingerprint density at radius 1 is 1.24 bits per heavy atom. The molecule has 1 heterocycles. The van der Waals surface area contributed by atoms with Crippen LogP contribution in [0.15, 0.2) is 18.2 Å². The first-order chi connectivity index (χ1) is 8.21. The second-order valence-corrected chi connectivity index (χ2v) is 6.15. The van der Waals surface area contributed by atoms with Crippen LogP contribution in [0.25, 0.3) is 0 Å². The zero-order chi connectivity index (χ0) is 11.9. The molecular formula is C14H17Cl2N. The summed E-state index contributed by atoms with van der Waals surface area (Å²) in [5.41, 5.74) is 1.39. The van der Waals surface area contributed by atoms with E-state index in [2.05, 4.69) is 5.32 Å². The molecular weight excluding hydrogens is 253 g/mol. The molecule has 1 aromatic rings. The fraction of sp³-hybridized carbons (Fsp3) is 0.571. The zero-order valence-corrected chi connectivity index (χ0v) is 11.3. The number of hydrogen-bond donors (Lipinski definition) is 1. The maximum absolute atomic E-state index is 6.28. The lowest BCUT2D eigenvalue weighted by Crippen LogP contribution is -2.44. The van der Waals surface area contributed by atoms with Crippen LogP contribution in [-0.4, -0.2) is 12.1 Å². The van der Waals surface area contributed by atoms with E-state index in [4.69, 9.17) is 23.2 Å². The Labute approximate surface area is 112 Å². The van der Waals surface area contributed by atoms with E-state index in [1.165, 1.54) is 25.7 Å². The Kier molecular flexibility index (Phi) is 3.10. The number of hydrogen-bond acceptors (Lipinski definition) is 1. The smallest absolute Gasteiger partial charge is 0.0453 e. The molecule has 1 atom stereocenters. The quantitative estimate of drug-likeness (QED) is 0.873. The van der Waals surface area contributed by atoms with Crippen molar-refractivity contribution in [2.45, 2.75) is 37.6 Å². The summed E-state index contributed by atoms with van der Waals surface area (Å²) < 4.78 is 0. The Bertz CT molecular complexity index is 400. The molecule has 3 rings (SSSR count). The van der Waals surface area contributed by atoms with E-state index < -0.39 is 0 Å². The van der Waals surface area contributed by atoms with E-state index in [-0.39, 0.29) is 5.54 Å². The van der Waals surface area contributed by atoms with Crippen LogP contribution in [0.4, 0.5) is 0 Å². The average molecular weight is 270 g/mol. The first kappa shape index (κ1) is 11.8. The molecule has 1 aliphatic carbocycles. The maximum Gasteiger partial charge on any atom is 0.0453 e. The van der Waals surface area contributed by atoms with Crippen LogP contribution >= 0.6 is 23.2 Å². The first-order valence-corrected chi connectivity index (χ1v) is 7.15. The van der Waals surface area contributed by atoms with Crippen molar-refractivity contribution in [1.29, 1.82) is 0 Å². The number of benzene rings is 1. The van der Waals surface area contributed by atoms with E-state index in [9.17, 15) is 0 Å². The molecule has 0 bridgehead atoms. The predicted octanol–water partition coefficient (Wildman–Crippen LogP) is 4.07. The van der Waals surface area contributed by atoms with Gasteiger partial charge in [-0.25, -0.2) is 0 Å². The van der Waals surface area contributed by atoms with Gasteiger partial charge in [-0.1, -0.05) is 29.3 Å².